The molecular formula is C12H11FN4. The number of aromatic amines is 1. The second kappa shape index (κ2) is 3.35. The van der Waals surface area contributed by atoms with Crippen molar-refractivity contribution in [2.75, 3.05) is 5.73 Å². The number of halogens is 1. The Kier molecular flexibility index (Phi) is 1.95. The number of nitrogens with two attached hydrogens (primary N) is 1. The highest BCUT2D eigenvalue weighted by atomic mass is 19.1. The van der Waals surface area contributed by atoms with Crippen LogP contribution in [0.1, 0.15) is 0 Å². The molecule has 0 amide bonds. The highest BCUT2D eigenvalue weighted by molar-refractivity contribution is 5.95. The molecular weight excluding hydrogens is 219 g/mol. The quantitative estimate of drug-likeness (QED) is 0.673. The van der Waals surface area contributed by atoms with E-state index in [4.69, 9.17) is 5.73 Å². The van der Waals surface area contributed by atoms with Crippen molar-refractivity contribution in [3.8, 4) is 11.3 Å². The molecule has 3 aromatic rings. The van der Waals surface area contributed by atoms with E-state index in [1.807, 2.05) is 17.8 Å². The predicted octanol–water partition coefficient (Wildman–Crippen LogP) is 2.29. The van der Waals surface area contributed by atoms with Gasteiger partial charge in [-0.15, -0.1) is 0 Å². The van der Waals surface area contributed by atoms with Gasteiger partial charge < -0.3 is 10.3 Å². The van der Waals surface area contributed by atoms with Crippen molar-refractivity contribution in [2.24, 2.45) is 7.05 Å². The van der Waals surface area contributed by atoms with E-state index in [0.717, 1.165) is 22.2 Å². The monoisotopic (exact) mass is 230 g/mol. The number of rotatable bonds is 1. The third-order valence-electron chi connectivity index (χ3n) is 2.84. The lowest BCUT2D eigenvalue weighted by Crippen LogP contribution is -1.83. The molecule has 0 bridgehead atoms. The molecule has 0 saturated heterocycles. The minimum atomic E-state index is -0.241. The van der Waals surface area contributed by atoms with Crippen LogP contribution in [-0.2, 0) is 7.05 Å². The van der Waals surface area contributed by atoms with E-state index in [2.05, 4.69) is 10.2 Å². The highest BCUT2D eigenvalue weighted by Gasteiger charge is 2.11. The van der Waals surface area contributed by atoms with E-state index in [1.165, 1.54) is 12.1 Å². The average molecular weight is 230 g/mol. The van der Waals surface area contributed by atoms with Crippen LogP contribution >= 0.6 is 0 Å². The summed E-state index contributed by atoms with van der Waals surface area (Å²) in [4.78, 5) is 0. The van der Waals surface area contributed by atoms with E-state index in [9.17, 15) is 4.39 Å². The molecule has 0 unspecified atom stereocenters. The summed E-state index contributed by atoms with van der Waals surface area (Å²) in [5.74, 6) is 0.202. The van der Waals surface area contributed by atoms with Crippen LogP contribution in [0.25, 0.3) is 22.2 Å². The Bertz CT molecular complexity index is 696. The van der Waals surface area contributed by atoms with Gasteiger partial charge in [-0.1, -0.05) is 0 Å². The SMILES string of the molecule is Cn1cc(-c2cc(N)n[nH]2)c2ccc(F)cc21. The van der Waals surface area contributed by atoms with Crippen LogP contribution in [0, 0.1) is 5.82 Å². The van der Waals surface area contributed by atoms with Crippen LogP contribution in [0.5, 0.6) is 0 Å². The molecule has 5 heteroatoms. The fourth-order valence-electron chi connectivity index (χ4n) is 2.05. The Morgan fingerprint density at radius 2 is 2.18 bits per heavy atom. The predicted molar refractivity (Wildman–Crippen MR) is 64.9 cm³/mol. The number of aromatic nitrogens is 3. The molecule has 4 nitrogen and oxygen atoms in total. The summed E-state index contributed by atoms with van der Waals surface area (Å²) in [6.45, 7) is 0. The van der Waals surface area contributed by atoms with Crippen molar-refractivity contribution < 1.29 is 4.39 Å². The first-order valence-corrected chi connectivity index (χ1v) is 5.21. The molecule has 17 heavy (non-hydrogen) atoms. The van der Waals surface area contributed by atoms with Crippen LogP contribution in [-0.4, -0.2) is 14.8 Å². The lowest BCUT2D eigenvalue weighted by molar-refractivity contribution is 0.629. The van der Waals surface area contributed by atoms with Crippen LogP contribution < -0.4 is 5.73 Å². The Hall–Kier alpha value is -2.30. The maximum Gasteiger partial charge on any atom is 0.145 e. The average Bonchev–Trinajstić information content (AvgIpc) is 2.84. The zero-order valence-electron chi connectivity index (χ0n) is 9.24. The first-order chi connectivity index (χ1) is 8.15. The summed E-state index contributed by atoms with van der Waals surface area (Å²) >= 11 is 0. The Morgan fingerprint density at radius 3 is 2.88 bits per heavy atom. The molecule has 0 aliphatic heterocycles. The summed E-state index contributed by atoms with van der Waals surface area (Å²) in [5, 5.41) is 7.73. The van der Waals surface area contributed by atoms with Crippen molar-refractivity contribution >= 4 is 16.7 Å². The fourth-order valence-corrected chi connectivity index (χ4v) is 2.05. The lowest BCUT2D eigenvalue weighted by atomic mass is 10.1. The number of nitrogens with one attached hydrogen (secondary N) is 1. The van der Waals surface area contributed by atoms with Gasteiger partial charge >= 0.3 is 0 Å². The Balaban J connectivity index is 2.31. The number of anilines is 1. The maximum atomic E-state index is 13.2. The standard InChI is InChI=1S/C12H11FN4/c1-17-6-9(10-5-12(14)16-15-10)8-3-2-7(13)4-11(8)17/h2-6H,1H3,(H3,14,15,16). The fraction of sp³-hybridized carbons (Fsp3) is 0.0833. The van der Waals surface area contributed by atoms with Crippen LogP contribution in [0.4, 0.5) is 10.2 Å². The molecule has 1 aromatic carbocycles. The van der Waals surface area contributed by atoms with Gasteiger partial charge in [-0.2, -0.15) is 5.10 Å². The Labute approximate surface area is 96.9 Å². The molecule has 2 heterocycles. The zero-order chi connectivity index (χ0) is 12.0. The molecule has 0 atom stereocenters. The molecule has 2 aromatic heterocycles. The molecule has 0 fully saturated rings. The summed E-state index contributed by atoms with van der Waals surface area (Å²) < 4.78 is 15.1. The third-order valence-corrected chi connectivity index (χ3v) is 2.84. The van der Waals surface area contributed by atoms with Crippen molar-refractivity contribution in [1.82, 2.24) is 14.8 Å². The van der Waals surface area contributed by atoms with E-state index in [-0.39, 0.29) is 5.82 Å². The molecule has 0 aliphatic rings. The zero-order valence-corrected chi connectivity index (χ0v) is 9.24. The van der Waals surface area contributed by atoms with Crippen molar-refractivity contribution in [2.45, 2.75) is 0 Å². The second-order valence-corrected chi connectivity index (χ2v) is 4.02. The number of nitrogens with zero attached hydrogens (tertiary/aromatic N) is 2. The van der Waals surface area contributed by atoms with Crippen molar-refractivity contribution in [3.63, 3.8) is 0 Å². The van der Waals surface area contributed by atoms with E-state index < -0.39 is 0 Å². The smallest absolute Gasteiger partial charge is 0.145 e. The first-order valence-electron chi connectivity index (χ1n) is 5.21. The van der Waals surface area contributed by atoms with E-state index in [0.29, 0.717) is 5.82 Å². The van der Waals surface area contributed by atoms with Gasteiger partial charge in [0.25, 0.3) is 0 Å². The van der Waals surface area contributed by atoms with Gasteiger partial charge in [-0.3, -0.25) is 5.10 Å². The summed E-state index contributed by atoms with van der Waals surface area (Å²) in [6.07, 6.45) is 1.93. The molecule has 0 saturated carbocycles. The van der Waals surface area contributed by atoms with Gasteiger partial charge in [0.15, 0.2) is 0 Å². The van der Waals surface area contributed by atoms with Gasteiger partial charge in [0, 0.05) is 30.3 Å². The normalized spacial score (nSPS) is 11.2. The third kappa shape index (κ3) is 1.47. The number of aryl methyl sites for hydroxylation is 1. The van der Waals surface area contributed by atoms with Gasteiger partial charge in [0.1, 0.15) is 11.6 Å². The number of benzene rings is 1. The second-order valence-electron chi connectivity index (χ2n) is 4.02. The van der Waals surface area contributed by atoms with Crippen LogP contribution in [0.2, 0.25) is 0 Å². The summed E-state index contributed by atoms with van der Waals surface area (Å²) in [5.41, 5.74) is 8.22. The van der Waals surface area contributed by atoms with Gasteiger partial charge in [0.2, 0.25) is 0 Å². The molecule has 0 radical (unpaired) electrons. The number of hydrogen-bond donors (Lipinski definition) is 2. The van der Waals surface area contributed by atoms with Crippen molar-refractivity contribution in [3.05, 3.63) is 36.3 Å². The number of fused-ring (bicyclic) bond motifs is 1. The molecule has 0 aliphatic carbocycles. The molecule has 86 valence electrons. The number of H-pyrrole nitrogens is 1. The largest absolute Gasteiger partial charge is 0.382 e. The summed E-state index contributed by atoms with van der Waals surface area (Å²) in [7, 11) is 1.88. The van der Waals surface area contributed by atoms with Crippen LogP contribution in [0.15, 0.2) is 30.5 Å². The van der Waals surface area contributed by atoms with Crippen molar-refractivity contribution in [1.29, 1.82) is 0 Å². The van der Waals surface area contributed by atoms with Gasteiger partial charge in [-0.25, -0.2) is 4.39 Å². The first kappa shape index (κ1) is 9.89. The minimum absolute atomic E-state index is 0.241. The maximum absolute atomic E-state index is 13.2. The lowest BCUT2D eigenvalue weighted by Gasteiger charge is -1.95. The molecule has 3 rings (SSSR count). The molecule has 3 N–H and O–H groups in total. The van der Waals surface area contributed by atoms with Crippen LogP contribution in [0.3, 0.4) is 0 Å². The van der Waals surface area contributed by atoms with E-state index in [1.54, 1.807) is 12.1 Å². The highest BCUT2D eigenvalue weighted by Crippen LogP contribution is 2.29. The summed E-state index contributed by atoms with van der Waals surface area (Å²) in [6, 6.07) is 6.49. The topological polar surface area (TPSA) is 59.6 Å². The minimum Gasteiger partial charge on any atom is -0.382 e. The van der Waals surface area contributed by atoms with Gasteiger partial charge in [-0.05, 0) is 18.2 Å². The number of hydrogen-bond acceptors (Lipinski definition) is 2. The van der Waals surface area contributed by atoms with E-state index >= 15 is 0 Å². The number of nitrogen functional groups attached to an aromatic ring is 1. The van der Waals surface area contributed by atoms with Gasteiger partial charge in [0.05, 0.1) is 11.2 Å². The molecule has 0 spiro atoms. The Morgan fingerprint density at radius 1 is 1.35 bits per heavy atom.